The number of aromatic hydroxyl groups is 2. The van der Waals surface area contributed by atoms with E-state index in [-0.39, 0.29) is 11.5 Å². The number of aromatic nitrogens is 2. The standard InChI is InChI=1S/C22H18N4O2/c1-14-12-21(25-22(24-14)17-8-4-5-9-19(17)27)26-23-13-18-16-7-3-2-6-15(16)10-11-20(18)28/h2-13,27-28H,1H3,(H,24,25,26). The van der Waals surface area contributed by atoms with Crippen molar-refractivity contribution < 1.29 is 10.2 Å². The number of aryl methyl sites for hydroxylation is 1. The second-order valence-corrected chi connectivity index (χ2v) is 6.32. The smallest absolute Gasteiger partial charge is 0.165 e. The van der Waals surface area contributed by atoms with Crippen molar-refractivity contribution in [2.45, 2.75) is 6.92 Å². The zero-order valence-electron chi connectivity index (χ0n) is 15.2. The van der Waals surface area contributed by atoms with Crippen LogP contribution in [0.5, 0.6) is 11.5 Å². The van der Waals surface area contributed by atoms with Gasteiger partial charge in [-0.25, -0.2) is 9.97 Å². The summed E-state index contributed by atoms with van der Waals surface area (Å²) in [7, 11) is 0. The molecule has 0 bridgehead atoms. The average molecular weight is 370 g/mol. The van der Waals surface area contributed by atoms with Crippen molar-refractivity contribution in [1.29, 1.82) is 0 Å². The Morgan fingerprint density at radius 2 is 1.68 bits per heavy atom. The molecule has 0 aliphatic rings. The maximum atomic E-state index is 10.2. The highest BCUT2D eigenvalue weighted by atomic mass is 16.3. The van der Waals surface area contributed by atoms with Gasteiger partial charge in [0, 0.05) is 17.3 Å². The Bertz CT molecular complexity index is 1190. The van der Waals surface area contributed by atoms with Gasteiger partial charge in [-0.3, -0.25) is 5.43 Å². The number of anilines is 1. The third kappa shape index (κ3) is 3.48. The molecule has 0 aliphatic carbocycles. The summed E-state index contributed by atoms with van der Waals surface area (Å²) in [5.41, 5.74) is 4.78. The van der Waals surface area contributed by atoms with Crippen LogP contribution in [0.4, 0.5) is 5.82 Å². The minimum absolute atomic E-state index is 0.114. The van der Waals surface area contributed by atoms with Crippen LogP contribution in [0, 0.1) is 6.92 Å². The molecule has 0 aliphatic heterocycles. The van der Waals surface area contributed by atoms with Crippen LogP contribution in [0.1, 0.15) is 11.3 Å². The average Bonchev–Trinajstić information content (AvgIpc) is 2.69. The predicted molar refractivity (Wildman–Crippen MR) is 111 cm³/mol. The molecule has 3 N–H and O–H groups in total. The van der Waals surface area contributed by atoms with Crippen LogP contribution in [0.15, 0.2) is 71.8 Å². The number of hydrogen-bond donors (Lipinski definition) is 3. The molecule has 0 atom stereocenters. The van der Waals surface area contributed by atoms with E-state index in [1.807, 2.05) is 43.3 Å². The molecule has 1 heterocycles. The van der Waals surface area contributed by atoms with E-state index in [2.05, 4.69) is 20.5 Å². The number of para-hydroxylation sites is 1. The quantitative estimate of drug-likeness (QED) is 0.364. The summed E-state index contributed by atoms with van der Waals surface area (Å²) in [5.74, 6) is 1.16. The van der Waals surface area contributed by atoms with Gasteiger partial charge in [-0.15, -0.1) is 0 Å². The first-order valence-electron chi connectivity index (χ1n) is 8.75. The first-order valence-corrected chi connectivity index (χ1v) is 8.75. The van der Waals surface area contributed by atoms with Gasteiger partial charge in [0.15, 0.2) is 11.6 Å². The van der Waals surface area contributed by atoms with Gasteiger partial charge in [-0.1, -0.05) is 42.5 Å². The summed E-state index contributed by atoms with van der Waals surface area (Å²) in [5, 5.41) is 26.4. The highest BCUT2D eigenvalue weighted by Gasteiger charge is 2.09. The van der Waals surface area contributed by atoms with Crippen molar-refractivity contribution in [2.75, 3.05) is 5.43 Å². The van der Waals surface area contributed by atoms with Crippen LogP contribution in [0.3, 0.4) is 0 Å². The Morgan fingerprint density at radius 1 is 0.893 bits per heavy atom. The van der Waals surface area contributed by atoms with E-state index in [4.69, 9.17) is 0 Å². The molecule has 4 aromatic rings. The van der Waals surface area contributed by atoms with Crippen molar-refractivity contribution in [3.8, 4) is 22.9 Å². The molecule has 6 nitrogen and oxygen atoms in total. The van der Waals surface area contributed by atoms with Gasteiger partial charge < -0.3 is 10.2 Å². The lowest BCUT2D eigenvalue weighted by Gasteiger charge is -2.07. The van der Waals surface area contributed by atoms with Crippen LogP contribution in [0.25, 0.3) is 22.2 Å². The number of nitrogens with one attached hydrogen (secondary N) is 1. The molecule has 0 radical (unpaired) electrons. The summed E-state index contributed by atoms with van der Waals surface area (Å²) >= 11 is 0. The molecule has 1 aromatic heterocycles. The fourth-order valence-electron chi connectivity index (χ4n) is 2.99. The van der Waals surface area contributed by atoms with E-state index < -0.39 is 0 Å². The highest BCUT2D eigenvalue weighted by molar-refractivity contribution is 6.02. The summed E-state index contributed by atoms with van der Waals surface area (Å²) in [6.07, 6.45) is 1.56. The number of hydrazone groups is 1. The summed E-state index contributed by atoms with van der Waals surface area (Å²) in [6.45, 7) is 1.84. The van der Waals surface area contributed by atoms with Gasteiger partial charge in [0.1, 0.15) is 11.5 Å². The molecule has 0 spiro atoms. The van der Waals surface area contributed by atoms with Crippen molar-refractivity contribution in [3.63, 3.8) is 0 Å². The SMILES string of the molecule is Cc1cc(NN=Cc2c(O)ccc3ccccc23)nc(-c2ccccc2O)n1. The maximum absolute atomic E-state index is 10.2. The second-order valence-electron chi connectivity index (χ2n) is 6.32. The van der Waals surface area contributed by atoms with Crippen molar-refractivity contribution >= 4 is 22.8 Å². The largest absolute Gasteiger partial charge is 0.507 e. The van der Waals surface area contributed by atoms with E-state index in [9.17, 15) is 10.2 Å². The Kier molecular flexibility index (Phi) is 4.60. The molecule has 0 amide bonds. The Hall–Kier alpha value is -3.93. The van der Waals surface area contributed by atoms with E-state index >= 15 is 0 Å². The van der Waals surface area contributed by atoms with Crippen molar-refractivity contribution in [1.82, 2.24) is 9.97 Å². The fraction of sp³-hybridized carbons (Fsp3) is 0.0455. The molecule has 138 valence electrons. The first-order chi connectivity index (χ1) is 13.6. The van der Waals surface area contributed by atoms with Crippen LogP contribution in [0.2, 0.25) is 0 Å². The first kappa shape index (κ1) is 17.5. The highest BCUT2D eigenvalue weighted by Crippen LogP contribution is 2.27. The molecular weight excluding hydrogens is 352 g/mol. The zero-order chi connectivity index (χ0) is 19.5. The van der Waals surface area contributed by atoms with Gasteiger partial charge in [-0.05, 0) is 35.9 Å². The van der Waals surface area contributed by atoms with Crippen LogP contribution < -0.4 is 5.43 Å². The van der Waals surface area contributed by atoms with Gasteiger partial charge in [0.25, 0.3) is 0 Å². The summed E-state index contributed by atoms with van der Waals surface area (Å²) in [4.78, 5) is 8.81. The lowest BCUT2D eigenvalue weighted by molar-refractivity contribution is 0.475. The lowest BCUT2D eigenvalue weighted by Crippen LogP contribution is -1.99. The minimum Gasteiger partial charge on any atom is -0.507 e. The van der Waals surface area contributed by atoms with E-state index in [0.29, 0.717) is 22.8 Å². The number of fused-ring (bicyclic) bond motifs is 1. The van der Waals surface area contributed by atoms with Crippen LogP contribution >= 0.6 is 0 Å². The fourth-order valence-corrected chi connectivity index (χ4v) is 2.99. The number of phenols is 2. The molecule has 6 heteroatoms. The molecule has 0 unspecified atom stereocenters. The number of rotatable bonds is 4. The molecule has 28 heavy (non-hydrogen) atoms. The molecular formula is C22H18N4O2. The number of hydrogen-bond acceptors (Lipinski definition) is 6. The summed E-state index contributed by atoms with van der Waals surface area (Å²) < 4.78 is 0. The third-order valence-corrected chi connectivity index (χ3v) is 4.32. The van der Waals surface area contributed by atoms with E-state index in [1.54, 1.807) is 36.5 Å². The number of phenolic OH excluding ortho intramolecular Hbond substituents is 2. The Morgan fingerprint density at radius 3 is 2.54 bits per heavy atom. The molecule has 0 saturated carbocycles. The third-order valence-electron chi connectivity index (χ3n) is 4.32. The summed E-state index contributed by atoms with van der Waals surface area (Å²) in [6, 6.07) is 19.9. The van der Waals surface area contributed by atoms with Gasteiger partial charge in [0.05, 0.1) is 11.8 Å². The van der Waals surface area contributed by atoms with Gasteiger partial charge in [-0.2, -0.15) is 5.10 Å². The van der Waals surface area contributed by atoms with Crippen molar-refractivity contribution in [3.05, 3.63) is 78.0 Å². The van der Waals surface area contributed by atoms with E-state index in [0.717, 1.165) is 16.5 Å². The van der Waals surface area contributed by atoms with E-state index in [1.165, 1.54) is 0 Å². The van der Waals surface area contributed by atoms with Gasteiger partial charge in [0.2, 0.25) is 0 Å². The number of benzene rings is 3. The molecule has 3 aromatic carbocycles. The van der Waals surface area contributed by atoms with Crippen molar-refractivity contribution in [2.24, 2.45) is 5.10 Å². The Balaban J connectivity index is 1.64. The maximum Gasteiger partial charge on any atom is 0.165 e. The van der Waals surface area contributed by atoms with Crippen LogP contribution in [-0.2, 0) is 0 Å². The predicted octanol–water partition coefficient (Wildman–Crippen LogP) is 4.46. The molecule has 0 fully saturated rings. The monoisotopic (exact) mass is 370 g/mol. The molecule has 0 saturated heterocycles. The minimum atomic E-state index is 0.114. The zero-order valence-corrected chi connectivity index (χ0v) is 15.2. The van der Waals surface area contributed by atoms with Crippen LogP contribution in [-0.4, -0.2) is 26.4 Å². The number of nitrogens with zero attached hydrogens (tertiary/aromatic N) is 3. The normalized spacial score (nSPS) is 11.2. The second kappa shape index (κ2) is 7.36. The lowest BCUT2D eigenvalue weighted by atomic mass is 10.0. The molecule has 4 rings (SSSR count). The van der Waals surface area contributed by atoms with Gasteiger partial charge >= 0.3 is 0 Å². The Labute approximate surface area is 161 Å². The topological polar surface area (TPSA) is 90.6 Å².